The molecule has 26 heavy (non-hydrogen) atoms. The van der Waals surface area contributed by atoms with Gasteiger partial charge in [0.1, 0.15) is 11.8 Å². The topological polar surface area (TPSA) is 86.7 Å². The highest BCUT2D eigenvalue weighted by atomic mass is 16.3. The van der Waals surface area contributed by atoms with Gasteiger partial charge in [-0.1, -0.05) is 32.0 Å². The predicted octanol–water partition coefficient (Wildman–Crippen LogP) is 3.04. The number of anilines is 1. The van der Waals surface area contributed by atoms with Gasteiger partial charge in [0.05, 0.1) is 11.1 Å². The zero-order valence-corrected chi connectivity index (χ0v) is 14.6. The van der Waals surface area contributed by atoms with Crippen LogP contribution in [0.5, 0.6) is 5.75 Å². The summed E-state index contributed by atoms with van der Waals surface area (Å²) < 4.78 is 0. The number of nitrogens with one attached hydrogen (secondary N) is 1. The van der Waals surface area contributed by atoms with E-state index in [1.165, 1.54) is 12.1 Å². The highest BCUT2D eigenvalue weighted by molar-refractivity contribution is 6.23. The number of aromatic hydroxyl groups is 1. The number of carbonyl (C=O) groups is 3. The Morgan fingerprint density at radius 2 is 1.65 bits per heavy atom. The molecule has 0 bridgehead atoms. The first kappa shape index (κ1) is 17.7. The molecular weight excluding hydrogens is 332 g/mol. The minimum absolute atomic E-state index is 0.0175. The summed E-state index contributed by atoms with van der Waals surface area (Å²) in [4.78, 5) is 39.3. The van der Waals surface area contributed by atoms with E-state index < -0.39 is 23.8 Å². The molecule has 6 nitrogen and oxygen atoms in total. The molecule has 1 aliphatic rings. The standard InChI is InChI=1S/C20H20N2O4/c1-12(2)10-17(18(24)21-13-6-5-7-14(23)11-13)22-19(25)15-8-3-4-9-16(15)20(22)26/h3-9,11-12,17,23H,10H2,1-2H3,(H,21,24)/t17-/m0/s1. The monoisotopic (exact) mass is 352 g/mol. The summed E-state index contributed by atoms with van der Waals surface area (Å²) in [5.74, 6) is -1.26. The molecular formula is C20H20N2O4. The van der Waals surface area contributed by atoms with Gasteiger partial charge in [0, 0.05) is 11.8 Å². The zero-order chi connectivity index (χ0) is 18.8. The second kappa shape index (κ2) is 7.00. The molecule has 3 amide bonds. The van der Waals surface area contributed by atoms with E-state index in [4.69, 9.17) is 0 Å². The normalized spacial score (nSPS) is 14.5. The fraction of sp³-hybridized carbons (Fsp3) is 0.250. The molecule has 1 heterocycles. The first-order chi connectivity index (χ1) is 12.4. The minimum Gasteiger partial charge on any atom is -0.508 e. The van der Waals surface area contributed by atoms with Crippen molar-refractivity contribution in [2.75, 3.05) is 5.32 Å². The van der Waals surface area contributed by atoms with Crippen LogP contribution in [-0.2, 0) is 4.79 Å². The van der Waals surface area contributed by atoms with E-state index in [1.54, 1.807) is 36.4 Å². The number of imide groups is 1. The predicted molar refractivity (Wildman–Crippen MR) is 96.9 cm³/mol. The fourth-order valence-electron chi connectivity index (χ4n) is 3.08. The molecule has 0 fully saturated rings. The summed E-state index contributed by atoms with van der Waals surface area (Å²) in [6.07, 6.45) is 0.343. The molecule has 1 atom stereocenters. The van der Waals surface area contributed by atoms with Gasteiger partial charge in [-0.2, -0.15) is 0 Å². The van der Waals surface area contributed by atoms with Crippen LogP contribution in [0.2, 0.25) is 0 Å². The van der Waals surface area contributed by atoms with Crippen LogP contribution in [0.3, 0.4) is 0 Å². The SMILES string of the molecule is CC(C)C[C@@H](C(=O)Nc1cccc(O)c1)N1C(=O)c2ccccc2C1=O. The Morgan fingerprint density at radius 3 is 2.19 bits per heavy atom. The Morgan fingerprint density at radius 1 is 1.04 bits per heavy atom. The lowest BCUT2D eigenvalue weighted by Crippen LogP contribution is -2.47. The number of hydrogen-bond acceptors (Lipinski definition) is 4. The van der Waals surface area contributed by atoms with Crippen LogP contribution in [0.25, 0.3) is 0 Å². The van der Waals surface area contributed by atoms with Gasteiger partial charge in [-0.15, -0.1) is 0 Å². The minimum atomic E-state index is -0.926. The van der Waals surface area contributed by atoms with Crippen LogP contribution < -0.4 is 5.32 Å². The van der Waals surface area contributed by atoms with Crippen LogP contribution >= 0.6 is 0 Å². The smallest absolute Gasteiger partial charge is 0.262 e. The summed E-state index contributed by atoms with van der Waals surface area (Å²) in [6.45, 7) is 3.85. The Balaban J connectivity index is 1.90. The number of fused-ring (bicyclic) bond motifs is 1. The highest BCUT2D eigenvalue weighted by Gasteiger charge is 2.42. The van der Waals surface area contributed by atoms with Gasteiger partial charge in [-0.05, 0) is 36.6 Å². The number of nitrogens with zero attached hydrogens (tertiary/aromatic N) is 1. The lowest BCUT2D eigenvalue weighted by atomic mass is 10.0. The van der Waals surface area contributed by atoms with Gasteiger partial charge in [0.2, 0.25) is 5.91 Å². The van der Waals surface area contributed by atoms with Crippen LogP contribution in [0, 0.1) is 5.92 Å². The number of carbonyl (C=O) groups excluding carboxylic acids is 3. The van der Waals surface area contributed by atoms with E-state index in [0.717, 1.165) is 4.90 Å². The summed E-state index contributed by atoms with van der Waals surface area (Å²) in [5, 5.41) is 12.2. The van der Waals surface area contributed by atoms with Gasteiger partial charge < -0.3 is 10.4 Å². The van der Waals surface area contributed by atoms with E-state index in [1.807, 2.05) is 13.8 Å². The molecule has 1 aliphatic heterocycles. The molecule has 0 aliphatic carbocycles. The van der Waals surface area contributed by atoms with Gasteiger partial charge in [0.15, 0.2) is 0 Å². The van der Waals surface area contributed by atoms with E-state index in [2.05, 4.69) is 5.32 Å². The van der Waals surface area contributed by atoms with Gasteiger partial charge in [-0.3, -0.25) is 19.3 Å². The van der Waals surface area contributed by atoms with Crippen molar-refractivity contribution in [2.24, 2.45) is 5.92 Å². The third-order valence-corrected chi connectivity index (χ3v) is 4.25. The molecule has 6 heteroatoms. The lowest BCUT2D eigenvalue weighted by Gasteiger charge is -2.26. The van der Waals surface area contributed by atoms with E-state index in [9.17, 15) is 19.5 Å². The molecule has 0 spiro atoms. The lowest BCUT2D eigenvalue weighted by molar-refractivity contribution is -0.120. The summed E-state index contributed by atoms with van der Waals surface area (Å²) in [7, 11) is 0. The number of phenolic OH excluding ortho intramolecular Hbond substituents is 1. The largest absolute Gasteiger partial charge is 0.508 e. The molecule has 2 aromatic carbocycles. The molecule has 0 aromatic heterocycles. The Hall–Kier alpha value is -3.15. The number of amides is 3. The van der Waals surface area contributed by atoms with Crippen LogP contribution in [0.1, 0.15) is 41.0 Å². The number of rotatable bonds is 5. The van der Waals surface area contributed by atoms with Crippen molar-refractivity contribution in [1.29, 1.82) is 0 Å². The summed E-state index contributed by atoms with van der Waals surface area (Å²) in [5.41, 5.74) is 1.04. The van der Waals surface area contributed by atoms with E-state index in [-0.39, 0.29) is 11.7 Å². The van der Waals surface area contributed by atoms with Crippen molar-refractivity contribution in [3.8, 4) is 5.75 Å². The first-order valence-electron chi connectivity index (χ1n) is 8.45. The molecule has 0 saturated heterocycles. The van der Waals surface area contributed by atoms with Crippen molar-refractivity contribution >= 4 is 23.4 Å². The maximum absolute atomic E-state index is 12.8. The van der Waals surface area contributed by atoms with Crippen molar-refractivity contribution in [3.05, 3.63) is 59.7 Å². The molecule has 0 saturated carbocycles. The van der Waals surface area contributed by atoms with Crippen molar-refractivity contribution in [1.82, 2.24) is 4.90 Å². The molecule has 2 N–H and O–H groups in total. The third kappa shape index (κ3) is 3.31. The summed E-state index contributed by atoms with van der Waals surface area (Å²) >= 11 is 0. The van der Waals surface area contributed by atoms with Crippen molar-refractivity contribution in [2.45, 2.75) is 26.3 Å². The van der Waals surface area contributed by atoms with Crippen molar-refractivity contribution < 1.29 is 19.5 Å². The second-order valence-electron chi connectivity index (χ2n) is 6.71. The van der Waals surface area contributed by atoms with Crippen LogP contribution in [0.15, 0.2) is 48.5 Å². The Labute approximate surface area is 151 Å². The molecule has 0 unspecified atom stereocenters. The van der Waals surface area contributed by atoms with Crippen LogP contribution in [-0.4, -0.2) is 33.8 Å². The quantitative estimate of drug-likeness (QED) is 0.810. The molecule has 3 rings (SSSR count). The van der Waals surface area contributed by atoms with E-state index in [0.29, 0.717) is 23.2 Å². The highest BCUT2D eigenvalue weighted by Crippen LogP contribution is 2.27. The van der Waals surface area contributed by atoms with Gasteiger partial charge >= 0.3 is 0 Å². The average molecular weight is 352 g/mol. The van der Waals surface area contributed by atoms with Gasteiger partial charge in [-0.25, -0.2) is 0 Å². The number of hydrogen-bond donors (Lipinski definition) is 2. The second-order valence-corrected chi connectivity index (χ2v) is 6.71. The van der Waals surface area contributed by atoms with Gasteiger partial charge in [0.25, 0.3) is 11.8 Å². The number of benzene rings is 2. The molecule has 134 valence electrons. The molecule has 0 radical (unpaired) electrons. The average Bonchev–Trinajstić information content (AvgIpc) is 2.84. The van der Waals surface area contributed by atoms with Crippen LogP contribution in [0.4, 0.5) is 5.69 Å². The fourth-order valence-corrected chi connectivity index (χ4v) is 3.08. The molecule has 2 aromatic rings. The van der Waals surface area contributed by atoms with Crippen molar-refractivity contribution in [3.63, 3.8) is 0 Å². The first-order valence-corrected chi connectivity index (χ1v) is 8.45. The Bertz CT molecular complexity index is 841. The maximum atomic E-state index is 12.8. The number of phenols is 1. The summed E-state index contributed by atoms with van der Waals surface area (Å²) in [6, 6.07) is 11.8. The Kier molecular flexibility index (Phi) is 4.75. The maximum Gasteiger partial charge on any atom is 0.262 e. The van der Waals surface area contributed by atoms with E-state index >= 15 is 0 Å². The third-order valence-electron chi connectivity index (χ3n) is 4.25. The zero-order valence-electron chi connectivity index (χ0n) is 14.6.